The molecule has 36 heavy (non-hydrogen) atoms. The zero-order chi connectivity index (χ0) is 26.5. The second kappa shape index (κ2) is 8.68. The van der Waals surface area contributed by atoms with Crippen LogP contribution in [0.25, 0.3) is 28.1 Å². The third-order valence-corrected chi connectivity index (χ3v) is 6.94. The predicted molar refractivity (Wildman–Crippen MR) is 118 cm³/mol. The molecule has 188 valence electrons. The molecular weight excluding hydrogens is 509 g/mol. The van der Waals surface area contributed by atoms with Gasteiger partial charge in [0.25, 0.3) is 0 Å². The minimum absolute atomic E-state index is 0.00199. The summed E-state index contributed by atoms with van der Waals surface area (Å²) >= 11 is 0. The maximum absolute atomic E-state index is 13.2. The zero-order valence-corrected chi connectivity index (χ0v) is 19.3. The first-order valence-corrected chi connectivity index (χ1v) is 11.6. The van der Waals surface area contributed by atoms with Crippen LogP contribution >= 0.6 is 0 Å². The first kappa shape index (κ1) is 25.3. The molecule has 0 radical (unpaired) electrons. The van der Waals surface area contributed by atoms with E-state index in [1.807, 2.05) is 6.07 Å². The Balaban J connectivity index is 1.82. The number of nitriles is 1. The smallest absolute Gasteiger partial charge is 0.407 e. The van der Waals surface area contributed by atoms with Crippen LogP contribution in [0.15, 0.2) is 53.7 Å². The van der Waals surface area contributed by atoms with Gasteiger partial charge in [-0.05, 0) is 44.2 Å². The van der Waals surface area contributed by atoms with Crippen LogP contribution in [0.3, 0.4) is 0 Å². The number of ether oxygens (including phenoxy) is 1. The Labute approximate surface area is 201 Å². The SMILES string of the molecule is CC(C)(NS(=O)(=O)c1ccc(-c2c(C#N)c3cc(OC(F)F)cnc3n2C2=CC=C2)nc1)C(F)(F)F. The lowest BCUT2D eigenvalue weighted by molar-refractivity contribution is -0.180. The molecule has 4 rings (SSSR count). The van der Waals surface area contributed by atoms with E-state index in [-0.39, 0.29) is 33.7 Å². The molecule has 3 aromatic heterocycles. The molecule has 3 heterocycles. The van der Waals surface area contributed by atoms with E-state index >= 15 is 0 Å². The summed E-state index contributed by atoms with van der Waals surface area (Å²) in [6.07, 6.45) is 2.17. The largest absolute Gasteiger partial charge is 0.433 e. The molecular formula is C22H16F5N5O3S. The molecule has 14 heteroatoms. The van der Waals surface area contributed by atoms with Crippen LogP contribution in [0.2, 0.25) is 0 Å². The molecule has 0 atom stereocenters. The van der Waals surface area contributed by atoms with Crippen molar-refractivity contribution in [2.75, 3.05) is 0 Å². The number of alkyl halides is 5. The van der Waals surface area contributed by atoms with Crippen molar-refractivity contribution in [1.29, 1.82) is 5.26 Å². The molecule has 0 aromatic carbocycles. The summed E-state index contributed by atoms with van der Waals surface area (Å²) in [4.78, 5) is 7.70. The molecule has 0 unspecified atom stereocenters. The molecule has 0 amide bonds. The van der Waals surface area contributed by atoms with Gasteiger partial charge < -0.3 is 4.74 Å². The highest BCUT2D eigenvalue weighted by molar-refractivity contribution is 7.89. The summed E-state index contributed by atoms with van der Waals surface area (Å²) in [6.45, 7) is -1.74. The number of aromatic nitrogens is 3. The Kier molecular flexibility index (Phi) is 6.09. The molecule has 0 saturated heterocycles. The fraction of sp³-hybridized carbons (Fsp3) is 0.227. The van der Waals surface area contributed by atoms with E-state index in [4.69, 9.17) is 0 Å². The molecule has 0 saturated carbocycles. The van der Waals surface area contributed by atoms with Crippen LogP contribution in [0.1, 0.15) is 19.4 Å². The highest BCUT2D eigenvalue weighted by Gasteiger charge is 2.49. The number of allylic oxidation sites excluding steroid dienone is 4. The number of hydrogen-bond donors (Lipinski definition) is 1. The van der Waals surface area contributed by atoms with Crippen molar-refractivity contribution in [1.82, 2.24) is 19.3 Å². The van der Waals surface area contributed by atoms with E-state index in [2.05, 4.69) is 14.7 Å². The number of halogens is 5. The van der Waals surface area contributed by atoms with E-state index in [9.17, 15) is 35.6 Å². The van der Waals surface area contributed by atoms with Crippen molar-refractivity contribution in [2.24, 2.45) is 0 Å². The molecule has 8 nitrogen and oxygen atoms in total. The average Bonchev–Trinajstić information content (AvgIpc) is 3.04. The number of hydrogen-bond acceptors (Lipinski definition) is 6. The lowest BCUT2D eigenvalue weighted by atomic mass is 10.1. The van der Waals surface area contributed by atoms with Crippen molar-refractivity contribution in [3.8, 4) is 23.2 Å². The molecule has 1 aliphatic carbocycles. The number of fused-ring (bicyclic) bond motifs is 1. The first-order chi connectivity index (χ1) is 16.7. The van der Waals surface area contributed by atoms with E-state index in [1.165, 1.54) is 16.7 Å². The van der Waals surface area contributed by atoms with Gasteiger partial charge >= 0.3 is 12.8 Å². The van der Waals surface area contributed by atoms with Gasteiger partial charge in [-0.25, -0.2) is 13.4 Å². The fourth-order valence-electron chi connectivity index (χ4n) is 3.38. The summed E-state index contributed by atoms with van der Waals surface area (Å²) in [5, 5.41) is 10.0. The van der Waals surface area contributed by atoms with Crippen molar-refractivity contribution in [3.05, 3.63) is 54.4 Å². The van der Waals surface area contributed by atoms with Crippen molar-refractivity contribution >= 4 is 26.8 Å². The summed E-state index contributed by atoms with van der Waals surface area (Å²) in [5.41, 5.74) is -1.66. The highest BCUT2D eigenvalue weighted by Crippen LogP contribution is 2.38. The first-order valence-electron chi connectivity index (χ1n) is 10.1. The minimum Gasteiger partial charge on any atom is -0.433 e. The monoisotopic (exact) mass is 525 g/mol. The van der Waals surface area contributed by atoms with Crippen LogP contribution in [0.4, 0.5) is 22.0 Å². The van der Waals surface area contributed by atoms with Crippen LogP contribution in [-0.4, -0.2) is 41.3 Å². The van der Waals surface area contributed by atoms with Gasteiger partial charge in [-0.2, -0.15) is 31.9 Å². The van der Waals surface area contributed by atoms with Gasteiger partial charge in [0.15, 0.2) is 0 Å². The maximum Gasteiger partial charge on any atom is 0.407 e. The van der Waals surface area contributed by atoms with Crippen molar-refractivity contribution < 1.29 is 35.1 Å². The van der Waals surface area contributed by atoms with Crippen molar-refractivity contribution in [2.45, 2.75) is 37.1 Å². The normalized spacial score (nSPS) is 14.0. The number of pyridine rings is 2. The van der Waals surface area contributed by atoms with Gasteiger partial charge in [0.05, 0.1) is 23.1 Å². The highest BCUT2D eigenvalue weighted by atomic mass is 32.2. The Bertz CT molecular complexity index is 1550. The van der Waals surface area contributed by atoms with Gasteiger partial charge in [0.2, 0.25) is 10.0 Å². The van der Waals surface area contributed by atoms with Crippen LogP contribution in [-0.2, 0) is 10.0 Å². The number of rotatable bonds is 7. The van der Waals surface area contributed by atoms with Crippen LogP contribution in [0, 0.1) is 11.3 Å². The standard InChI is InChI=1S/C22H16F5N5O3S/c1-21(2,22(25,26)27)31-36(33,34)14-6-7-17(29-11-14)18-16(9-28)15-8-13(35-20(23)24)10-30-19(15)32(18)12-4-3-5-12/h3-8,10-11,20,31H,1-2H3. The third-order valence-electron chi connectivity index (χ3n) is 5.30. The van der Waals surface area contributed by atoms with Gasteiger partial charge in [-0.1, -0.05) is 6.08 Å². The average molecular weight is 525 g/mol. The molecule has 3 aromatic rings. The predicted octanol–water partition coefficient (Wildman–Crippen LogP) is 4.60. The third kappa shape index (κ3) is 4.42. The van der Waals surface area contributed by atoms with Gasteiger partial charge in [-0.3, -0.25) is 9.55 Å². The van der Waals surface area contributed by atoms with Gasteiger partial charge in [0.1, 0.15) is 27.9 Å². The fourth-order valence-corrected chi connectivity index (χ4v) is 4.73. The quantitative estimate of drug-likeness (QED) is 0.452. The number of nitrogens with one attached hydrogen (secondary N) is 1. The summed E-state index contributed by atoms with van der Waals surface area (Å²) in [6, 6.07) is 5.47. The Morgan fingerprint density at radius 1 is 1.17 bits per heavy atom. The maximum atomic E-state index is 13.2. The Hall–Kier alpha value is -3.83. The van der Waals surface area contributed by atoms with E-state index in [0.717, 1.165) is 18.5 Å². The lowest BCUT2D eigenvalue weighted by Crippen LogP contribution is -2.54. The summed E-state index contributed by atoms with van der Waals surface area (Å²) in [7, 11) is -4.60. The Morgan fingerprint density at radius 2 is 1.86 bits per heavy atom. The van der Waals surface area contributed by atoms with Crippen LogP contribution in [0.5, 0.6) is 5.75 Å². The molecule has 0 fully saturated rings. The van der Waals surface area contributed by atoms with E-state index in [1.54, 1.807) is 23.0 Å². The zero-order valence-electron chi connectivity index (χ0n) is 18.5. The second-order valence-corrected chi connectivity index (χ2v) is 9.83. The molecule has 0 bridgehead atoms. The van der Waals surface area contributed by atoms with Crippen LogP contribution < -0.4 is 9.46 Å². The topological polar surface area (TPSA) is 110 Å². The summed E-state index contributed by atoms with van der Waals surface area (Å²) < 4.78 is 97.5. The molecule has 1 N–H and O–H groups in total. The number of nitrogens with zero attached hydrogens (tertiary/aromatic N) is 4. The van der Waals surface area contributed by atoms with Crippen molar-refractivity contribution in [3.63, 3.8) is 0 Å². The minimum atomic E-state index is -4.85. The van der Waals surface area contributed by atoms with E-state index < -0.39 is 33.2 Å². The summed E-state index contributed by atoms with van der Waals surface area (Å²) in [5.74, 6) is -0.274. The Morgan fingerprint density at radius 3 is 2.36 bits per heavy atom. The molecule has 0 aliphatic heterocycles. The second-order valence-electron chi connectivity index (χ2n) is 8.15. The van der Waals surface area contributed by atoms with E-state index in [0.29, 0.717) is 19.5 Å². The lowest BCUT2D eigenvalue weighted by Gasteiger charge is -2.28. The van der Waals surface area contributed by atoms with Gasteiger partial charge in [0, 0.05) is 17.3 Å². The molecule has 0 spiro atoms. The van der Waals surface area contributed by atoms with Gasteiger partial charge in [-0.15, -0.1) is 0 Å². The number of sulfonamides is 1. The molecule has 1 aliphatic rings.